The molecule has 1 heterocycles. The third kappa shape index (κ3) is 3.83. The molecule has 140 valence electrons. The number of anilines is 1. The number of carbonyl (C=O) groups excluding carboxylic acids is 1. The van der Waals surface area contributed by atoms with E-state index in [1.54, 1.807) is 25.1 Å². The summed E-state index contributed by atoms with van der Waals surface area (Å²) in [6, 6.07) is 11.0. The van der Waals surface area contributed by atoms with E-state index in [-0.39, 0.29) is 22.4 Å². The minimum atomic E-state index is -0.209. The lowest BCUT2D eigenvalue weighted by Gasteiger charge is -2.12. The second-order valence-electron chi connectivity index (χ2n) is 6.16. The molecule has 6 heteroatoms. The number of aromatic hydroxyl groups is 1. The first-order valence-electron chi connectivity index (χ1n) is 8.80. The van der Waals surface area contributed by atoms with Gasteiger partial charge in [-0.2, -0.15) is 10.1 Å². The summed E-state index contributed by atoms with van der Waals surface area (Å²) in [5.74, 6) is -0.0377. The highest BCUT2D eigenvalue weighted by atomic mass is 35.5. The van der Waals surface area contributed by atoms with Crippen LogP contribution in [0.15, 0.2) is 47.1 Å². The average Bonchev–Trinajstić information content (AvgIpc) is 2.94. The van der Waals surface area contributed by atoms with Crippen LogP contribution in [0.3, 0.4) is 0 Å². The largest absolute Gasteiger partial charge is 0.503 e. The van der Waals surface area contributed by atoms with E-state index in [0.29, 0.717) is 23.5 Å². The monoisotopic (exact) mass is 384 g/mol. The van der Waals surface area contributed by atoms with Gasteiger partial charge in [0.15, 0.2) is 11.5 Å². The highest BCUT2D eigenvalue weighted by molar-refractivity contribution is 6.33. The zero-order valence-electron chi connectivity index (χ0n) is 15.5. The maximum atomic E-state index is 12.9. The van der Waals surface area contributed by atoms with Crippen molar-refractivity contribution in [2.75, 3.05) is 11.6 Å². The Morgan fingerprint density at radius 1 is 1.22 bits per heavy atom. The van der Waals surface area contributed by atoms with E-state index in [4.69, 9.17) is 16.3 Å². The van der Waals surface area contributed by atoms with Gasteiger partial charge in [0.1, 0.15) is 0 Å². The van der Waals surface area contributed by atoms with Crippen molar-refractivity contribution in [3.05, 3.63) is 58.1 Å². The Bertz CT molecular complexity index is 933. The van der Waals surface area contributed by atoms with Crippen LogP contribution in [0.2, 0.25) is 5.02 Å². The van der Waals surface area contributed by atoms with Gasteiger partial charge in [-0.05, 0) is 61.7 Å². The van der Waals surface area contributed by atoms with Gasteiger partial charge in [0, 0.05) is 0 Å². The summed E-state index contributed by atoms with van der Waals surface area (Å²) < 4.78 is 5.40. The number of phenols is 1. The molecule has 0 unspecified atom stereocenters. The first kappa shape index (κ1) is 19.0. The Morgan fingerprint density at radius 3 is 2.56 bits per heavy atom. The molecule has 1 aliphatic heterocycles. The van der Waals surface area contributed by atoms with Crippen LogP contribution in [0.1, 0.15) is 31.9 Å². The van der Waals surface area contributed by atoms with Crippen molar-refractivity contribution in [1.82, 2.24) is 0 Å². The van der Waals surface area contributed by atoms with E-state index in [0.717, 1.165) is 12.1 Å². The van der Waals surface area contributed by atoms with Gasteiger partial charge >= 0.3 is 0 Å². The van der Waals surface area contributed by atoms with Gasteiger partial charge < -0.3 is 9.84 Å². The molecule has 1 amide bonds. The molecule has 2 aromatic rings. The lowest BCUT2D eigenvalue weighted by Crippen LogP contribution is -2.21. The van der Waals surface area contributed by atoms with Crippen molar-refractivity contribution in [2.45, 2.75) is 27.2 Å². The van der Waals surface area contributed by atoms with Gasteiger partial charge in [0.25, 0.3) is 5.91 Å². The molecule has 3 rings (SSSR count). The molecule has 1 N–H and O–H groups in total. The van der Waals surface area contributed by atoms with Crippen LogP contribution in [0.4, 0.5) is 5.69 Å². The highest BCUT2D eigenvalue weighted by Crippen LogP contribution is 2.36. The fourth-order valence-electron chi connectivity index (χ4n) is 2.84. The van der Waals surface area contributed by atoms with Crippen LogP contribution >= 0.6 is 11.6 Å². The number of ether oxygens (including phenoxy) is 1. The molecule has 0 fully saturated rings. The number of nitrogens with zero attached hydrogens (tertiary/aromatic N) is 2. The topological polar surface area (TPSA) is 62.1 Å². The standard InChI is InChI=1S/C21H21ClN2O3/c1-4-14-6-8-16(9-7-14)24-21(26)17(13(3)23-24)10-15-11-18(22)20(25)19(12-15)27-5-2/h6-12,25H,4-5H2,1-3H3/b17-10-. The summed E-state index contributed by atoms with van der Waals surface area (Å²) in [5.41, 5.74) is 3.66. The summed E-state index contributed by atoms with van der Waals surface area (Å²) in [6.45, 7) is 6.08. The molecule has 0 atom stereocenters. The van der Waals surface area contributed by atoms with E-state index in [9.17, 15) is 9.90 Å². The van der Waals surface area contributed by atoms with E-state index in [2.05, 4.69) is 12.0 Å². The van der Waals surface area contributed by atoms with E-state index >= 15 is 0 Å². The molecule has 5 nitrogen and oxygen atoms in total. The van der Waals surface area contributed by atoms with Crippen molar-refractivity contribution >= 4 is 35.0 Å². The van der Waals surface area contributed by atoms with E-state index in [1.165, 1.54) is 10.6 Å². The second kappa shape index (κ2) is 7.84. The van der Waals surface area contributed by atoms with Crippen LogP contribution in [-0.4, -0.2) is 23.3 Å². The fourth-order valence-corrected chi connectivity index (χ4v) is 3.06. The van der Waals surface area contributed by atoms with Crippen molar-refractivity contribution < 1.29 is 14.6 Å². The molecule has 0 spiro atoms. The summed E-state index contributed by atoms with van der Waals surface area (Å²) in [6.07, 6.45) is 2.64. The first-order valence-corrected chi connectivity index (χ1v) is 9.18. The number of aryl methyl sites for hydroxylation is 1. The molecule has 27 heavy (non-hydrogen) atoms. The maximum Gasteiger partial charge on any atom is 0.280 e. The Balaban J connectivity index is 1.93. The molecule has 0 radical (unpaired) electrons. The summed E-state index contributed by atoms with van der Waals surface area (Å²) >= 11 is 6.08. The summed E-state index contributed by atoms with van der Waals surface area (Å²) in [4.78, 5) is 12.9. The number of hydrogen-bond donors (Lipinski definition) is 1. The van der Waals surface area contributed by atoms with Crippen LogP contribution in [0.5, 0.6) is 11.5 Å². The lowest BCUT2D eigenvalue weighted by molar-refractivity contribution is -0.114. The third-order valence-corrected chi connectivity index (χ3v) is 4.60. The number of hydrazone groups is 1. The summed E-state index contributed by atoms with van der Waals surface area (Å²) in [7, 11) is 0. The van der Waals surface area contributed by atoms with Crippen LogP contribution in [0, 0.1) is 0 Å². The number of amides is 1. The smallest absolute Gasteiger partial charge is 0.280 e. The van der Waals surface area contributed by atoms with Gasteiger partial charge in [-0.1, -0.05) is 30.7 Å². The number of phenolic OH excluding ortho intramolecular Hbond substituents is 1. The Kier molecular flexibility index (Phi) is 5.51. The molecule has 0 aliphatic carbocycles. The summed E-state index contributed by atoms with van der Waals surface area (Å²) in [5, 5.41) is 15.9. The maximum absolute atomic E-state index is 12.9. The number of rotatable bonds is 5. The lowest BCUT2D eigenvalue weighted by atomic mass is 10.1. The van der Waals surface area contributed by atoms with Crippen molar-refractivity contribution in [2.24, 2.45) is 5.10 Å². The van der Waals surface area contributed by atoms with Crippen molar-refractivity contribution in [3.8, 4) is 11.5 Å². The zero-order valence-corrected chi connectivity index (χ0v) is 16.2. The fraction of sp³-hybridized carbons (Fsp3) is 0.238. The molecule has 0 bridgehead atoms. The van der Waals surface area contributed by atoms with Gasteiger partial charge in [-0.25, -0.2) is 0 Å². The van der Waals surface area contributed by atoms with E-state index < -0.39 is 0 Å². The SMILES string of the molecule is CCOc1cc(/C=C2\C(=O)N(c3ccc(CC)cc3)N=C2C)cc(Cl)c1O. The minimum Gasteiger partial charge on any atom is -0.503 e. The van der Waals surface area contributed by atoms with Crippen molar-refractivity contribution in [3.63, 3.8) is 0 Å². The number of carbonyl (C=O) groups is 1. The zero-order chi connectivity index (χ0) is 19.6. The van der Waals surface area contributed by atoms with Crippen LogP contribution in [0.25, 0.3) is 6.08 Å². The Labute approximate surface area is 163 Å². The third-order valence-electron chi connectivity index (χ3n) is 4.31. The quantitative estimate of drug-likeness (QED) is 0.752. The normalized spacial score (nSPS) is 15.4. The highest BCUT2D eigenvalue weighted by Gasteiger charge is 2.28. The average molecular weight is 385 g/mol. The molecule has 0 saturated carbocycles. The van der Waals surface area contributed by atoms with Gasteiger partial charge in [-0.3, -0.25) is 4.79 Å². The molecular weight excluding hydrogens is 364 g/mol. The molecule has 1 aliphatic rings. The second-order valence-corrected chi connectivity index (χ2v) is 6.57. The van der Waals surface area contributed by atoms with Crippen molar-refractivity contribution in [1.29, 1.82) is 0 Å². The predicted octanol–water partition coefficient (Wildman–Crippen LogP) is 4.81. The minimum absolute atomic E-state index is 0.110. The Hall–Kier alpha value is -2.79. The van der Waals surface area contributed by atoms with Crippen LogP contribution < -0.4 is 9.75 Å². The first-order chi connectivity index (χ1) is 12.9. The predicted molar refractivity (Wildman–Crippen MR) is 109 cm³/mol. The Morgan fingerprint density at radius 2 is 1.93 bits per heavy atom. The van der Waals surface area contributed by atoms with E-state index in [1.807, 2.05) is 31.2 Å². The number of halogens is 1. The number of benzene rings is 2. The molecule has 0 saturated heterocycles. The van der Waals surface area contributed by atoms with Gasteiger partial charge in [-0.15, -0.1) is 0 Å². The molecular formula is C21H21ClN2O3. The molecule has 2 aromatic carbocycles. The molecule has 0 aromatic heterocycles. The van der Waals surface area contributed by atoms with Gasteiger partial charge in [0.05, 0.1) is 28.6 Å². The van der Waals surface area contributed by atoms with Crippen LogP contribution in [-0.2, 0) is 11.2 Å². The number of hydrogen-bond acceptors (Lipinski definition) is 4. The van der Waals surface area contributed by atoms with Gasteiger partial charge in [0.2, 0.25) is 0 Å².